The summed E-state index contributed by atoms with van der Waals surface area (Å²) in [6.45, 7) is 4.72. The molecular weight excluding hydrogens is 262 g/mol. The number of nitrogens with zero attached hydrogens (tertiary/aromatic N) is 2. The number of amides is 3. The van der Waals surface area contributed by atoms with Crippen molar-refractivity contribution in [2.45, 2.75) is 32.7 Å². The number of rotatable bonds is 7. The van der Waals surface area contributed by atoms with Gasteiger partial charge in [-0.15, -0.1) is 0 Å². The summed E-state index contributed by atoms with van der Waals surface area (Å²) in [6, 6.07) is 0.100. The monoisotopic (exact) mass is 285 g/mol. The number of imide groups is 1. The number of hydrogen-bond donors (Lipinski definition) is 2. The fraction of sp³-hybridized carbons (Fsp3) is 0.769. The van der Waals surface area contributed by atoms with Gasteiger partial charge < -0.3 is 10.0 Å². The SMILES string of the molecule is CC(C)N(CCO)CC(=O)NC(=O)CN1CCCC1=O. The van der Waals surface area contributed by atoms with E-state index < -0.39 is 11.8 Å². The first kappa shape index (κ1) is 16.6. The lowest BCUT2D eigenvalue weighted by atomic mass is 10.3. The topological polar surface area (TPSA) is 89.9 Å². The van der Waals surface area contributed by atoms with E-state index in [4.69, 9.17) is 5.11 Å². The van der Waals surface area contributed by atoms with Gasteiger partial charge in [0.1, 0.15) is 0 Å². The van der Waals surface area contributed by atoms with Gasteiger partial charge in [-0.3, -0.25) is 24.6 Å². The van der Waals surface area contributed by atoms with Crippen molar-refractivity contribution in [1.29, 1.82) is 0 Å². The quantitative estimate of drug-likeness (QED) is 0.623. The molecule has 7 heteroatoms. The first-order chi connectivity index (χ1) is 9.43. The minimum Gasteiger partial charge on any atom is -0.395 e. The number of carbonyl (C=O) groups is 3. The molecule has 0 aromatic rings. The predicted molar refractivity (Wildman–Crippen MR) is 72.8 cm³/mol. The van der Waals surface area contributed by atoms with Gasteiger partial charge in [-0.25, -0.2) is 0 Å². The van der Waals surface area contributed by atoms with Gasteiger partial charge in [0.05, 0.1) is 19.7 Å². The van der Waals surface area contributed by atoms with Gasteiger partial charge in [-0.05, 0) is 20.3 Å². The molecule has 2 N–H and O–H groups in total. The van der Waals surface area contributed by atoms with Gasteiger partial charge in [-0.1, -0.05) is 0 Å². The van der Waals surface area contributed by atoms with E-state index in [-0.39, 0.29) is 31.6 Å². The third kappa shape index (κ3) is 5.26. The summed E-state index contributed by atoms with van der Waals surface area (Å²) in [5.74, 6) is -0.918. The molecule has 20 heavy (non-hydrogen) atoms. The van der Waals surface area contributed by atoms with E-state index in [1.165, 1.54) is 4.90 Å². The van der Waals surface area contributed by atoms with Gasteiger partial charge in [-0.2, -0.15) is 0 Å². The normalized spacial score (nSPS) is 15.2. The standard InChI is InChI=1S/C13H23N3O4/c1-10(2)15(6-7-17)8-11(18)14-12(19)9-16-5-3-4-13(16)20/h10,17H,3-9H2,1-2H3,(H,14,18,19). The lowest BCUT2D eigenvalue weighted by molar-refractivity contribution is -0.136. The maximum absolute atomic E-state index is 11.7. The zero-order valence-corrected chi connectivity index (χ0v) is 12.1. The Morgan fingerprint density at radius 2 is 2.10 bits per heavy atom. The van der Waals surface area contributed by atoms with Gasteiger partial charge in [0.2, 0.25) is 17.7 Å². The number of likely N-dealkylation sites (tertiary alicyclic amines) is 1. The minimum atomic E-state index is -0.460. The fourth-order valence-electron chi connectivity index (χ4n) is 2.11. The van der Waals surface area contributed by atoms with Gasteiger partial charge in [0.15, 0.2) is 0 Å². The molecule has 1 heterocycles. The molecule has 3 amide bonds. The summed E-state index contributed by atoms with van der Waals surface area (Å²) in [5, 5.41) is 11.2. The number of carbonyl (C=O) groups excluding carboxylic acids is 3. The van der Waals surface area contributed by atoms with Crippen molar-refractivity contribution in [3.8, 4) is 0 Å². The highest BCUT2D eigenvalue weighted by Crippen LogP contribution is 2.08. The molecule has 0 aliphatic carbocycles. The lowest BCUT2D eigenvalue weighted by Crippen LogP contribution is -2.46. The molecule has 114 valence electrons. The Labute approximate surface area is 118 Å². The van der Waals surface area contributed by atoms with Crippen LogP contribution in [0.15, 0.2) is 0 Å². The Morgan fingerprint density at radius 1 is 1.40 bits per heavy atom. The van der Waals surface area contributed by atoms with Crippen molar-refractivity contribution in [3.05, 3.63) is 0 Å². The zero-order chi connectivity index (χ0) is 15.1. The van der Waals surface area contributed by atoms with E-state index in [2.05, 4.69) is 5.32 Å². The molecular formula is C13H23N3O4. The highest BCUT2D eigenvalue weighted by Gasteiger charge is 2.23. The molecule has 1 fully saturated rings. The molecule has 0 bridgehead atoms. The molecule has 0 unspecified atom stereocenters. The van der Waals surface area contributed by atoms with Crippen LogP contribution >= 0.6 is 0 Å². The van der Waals surface area contributed by atoms with Gasteiger partial charge in [0, 0.05) is 25.6 Å². The number of nitrogens with one attached hydrogen (secondary N) is 1. The van der Waals surface area contributed by atoms with Crippen LogP contribution in [-0.2, 0) is 14.4 Å². The Balaban J connectivity index is 2.37. The molecule has 0 spiro atoms. The Bertz CT molecular complexity index is 371. The largest absolute Gasteiger partial charge is 0.395 e. The van der Waals surface area contributed by atoms with Gasteiger partial charge in [0.25, 0.3) is 0 Å². The van der Waals surface area contributed by atoms with Crippen molar-refractivity contribution in [2.75, 3.05) is 32.8 Å². The lowest BCUT2D eigenvalue weighted by Gasteiger charge is -2.24. The Hall–Kier alpha value is -1.47. The Kier molecular flexibility index (Phi) is 6.60. The van der Waals surface area contributed by atoms with Crippen LogP contribution in [-0.4, -0.2) is 71.5 Å². The van der Waals surface area contributed by atoms with E-state index in [9.17, 15) is 14.4 Å². The maximum atomic E-state index is 11.7. The molecule has 0 atom stereocenters. The second kappa shape index (κ2) is 7.96. The van der Waals surface area contributed by atoms with Crippen LogP contribution in [0.2, 0.25) is 0 Å². The summed E-state index contributed by atoms with van der Waals surface area (Å²) in [7, 11) is 0. The fourth-order valence-corrected chi connectivity index (χ4v) is 2.11. The van der Waals surface area contributed by atoms with E-state index in [0.29, 0.717) is 19.5 Å². The second-order valence-electron chi connectivity index (χ2n) is 5.18. The van der Waals surface area contributed by atoms with Crippen LogP contribution in [0, 0.1) is 0 Å². The van der Waals surface area contributed by atoms with E-state index in [1.807, 2.05) is 13.8 Å². The highest BCUT2D eigenvalue weighted by molar-refractivity contribution is 5.98. The molecule has 0 radical (unpaired) electrons. The third-order valence-corrected chi connectivity index (χ3v) is 3.25. The molecule has 1 aliphatic rings. The average molecular weight is 285 g/mol. The first-order valence-corrected chi connectivity index (χ1v) is 6.89. The van der Waals surface area contributed by atoms with Crippen molar-refractivity contribution in [2.24, 2.45) is 0 Å². The van der Waals surface area contributed by atoms with Crippen molar-refractivity contribution < 1.29 is 19.5 Å². The summed E-state index contributed by atoms with van der Waals surface area (Å²) in [4.78, 5) is 38.0. The average Bonchev–Trinajstić information content (AvgIpc) is 2.74. The smallest absolute Gasteiger partial charge is 0.246 e. The van der Waals surface area contributed by atoms with Crippen LogP contribution in [0.25, 0.3) is 0 Å². The molecule has 0 aromatic heterocycles. The van der Waals surface area contributed by atoms with E-state index >= 15 is 0 Å². The van der Waals surface area contributed by atoms with Crippen molar-refractivity contribution >= 4 is 17.7 Å². The number of hydrogen-bond acceptors (Lipinski definition) is 5. The third-order valence-electron chi connectivity index (χ3n) is 3.25. The summed E-state index contributed by atoms with van der Waals surface area (Å²) in [6.07, 6.45) is 1.23. The first-order valence-electron chi connectivity index (χ1n) is 6.89. The van der Waals surface area contributed by atoms with E-state index in [1.54, 1.807) is 4.90 Å². The van der Waals surface area contributed by atoms with Crippen molar-refractivity contribution in [1.82, 2.24) is 15.1 Å². The Morgan fingerprint density at radius 3 is 2.60 bits per heavy atom. The van der Waals surface area contributed by atoms with Crippen LogP contribution in [0.5, 0.6) is 0 Å². The minimum absolute atomic E-state index is 0.0400. The predicted octanol–water partition coefficient (Wildman–Crippen LogP) is -1.05. The second-order valence-corrected chi connectivity index (χ2v) is 5.18. The molecule has 1 saturated heterocycles. The molecule has 0 saturated carbocycles. The number of aliphatic hydroxyl groups excluding tert-OH is 1. The van der Waals surface area contributed by atoms with Crippen LogP contribution in [0.3, 0.4) is 0 Å². The summed E-state index contributed by atoms with van der Waals surface area (Å²) >= 11 is 0. The summed E-state index contributed by atoms with van der Waals surface area (Å²) in [5.41, 5.74) is 0. The molecule has 0 aromatic carbocycles. The summed E-state index contributed by atoms with van der Waals surface area (Å²) < 4.78 is 0. The van der Waals surface area contributed by atoms with E-state index in [0.717, 1.165) is 6.42 Å². The maximum Gasteiger partial charge on any atom is 0.246 e. The zero-order valence-electron chi connectivity index (χ0n) is 12.1. The molecule has 7 nitrogen and oxygen atoms in total. The van der Waals surface area contributed by atoms with Gasteiger partial charge >= 0.3 is 0 Å². The van der Waals surface area contributed by atoms with Crippen LogP contribution in [0.1, 0.15) is 26.7 Å². The molecule has 1 rings (SSSR count). The van der Waals surface area contributed by atoms with Crippen LogP contribution < -0.4 is 5.32 Å². The number of aliphatic hydroxyl groups is 1. The molecule has 1 aliphatic heterocycles. The van der Waals surface area contributed by atoms with Crippen molar-refractivity contribution in [3.63, 3.8) is 0 Å². The highest BCUT2D eigenvalue weighted by atomic mass is 16.3. The van der Waals surface area contributed by atoms with Crippen LogP contribution in [0.4, 0.5) is 0 Å².